The first-order valence-electron chi connectivity index (χ1n) is 14.1. The van der Waals surface area contributed by atoms with Gasteiger partial charge in [-0.25, -0.2) is 4.79 Å². The van der Waals surface area contributed by atoms with E-state index in [-0.39, 0.29) is 23.7 Å². The molecule has 0 radical (unpaired) electrons. The maximum Gasteiger partial charge on any atom is 0.328 e. The molecule has 0 bridgehead atoms. The fourth-order valence-electron chi connectivity index (χ4n) is 5.22. The van der Waals surface area contributed by atoms with E-state index in [0.29, 0.717) is 66.5 Å². The van der Waals surface area contributed by atoms with Crippen molar-refractivity contribution in [3.8, 4) is 28.4 Å². The maximum atomic E-state index is 13.4. The van der Waals surface area contributed by atoms with Gasteiger partial charge in [0.05, 0.1) is 40.2 Å². The van der Waals surface area contributed by atoms with Gasteiger partial charge in [0.1, 0.15) is 6.04 Å². The van der Waals surface area contributed by atoms with Crippen LogP contribution in [0.5, 0.6) is 17.2 Å². The van der Waals surface area contributed by atoms with Gasteiger partial charge in [0.25, 0.3) is 0 Å². The quantitative estimate of drug-likeness (QED) is 0.214. The monoisotopic (exact) mass is 615 g/mol. The van der Waals surface area contributed by atoms with Crippen molar-refractivity contribution >= 4 is 35.2 Å². The molecule has 0 saturated carbocycles. The van der Waals surface area contributed by atoms with E-state index in [4.69, 9.17) is 18.9 Å². The third-order valence-electron chi connectivity index (χ3n) is 7.24. The number of hydrogen-bond donors (Lipinski definition) is 3. The van der Waals surface area contributed by atoms with Crippen LogP contribution in [0.15, 0.2) is 29.1 Å². The highest BCUT2D eigenvalue weighted by Gasteiger charge is 2.29. The van der Waals surface area contributed by atoms with Gasteiger partial charge >= 0.3 is 5.97 Å². The first-order chi connectivity index (χ1) is 20.7. The largest absolute Gasteiger partial charge is 0.493 e. The van der Waals surface area contributed by atoms with Crippen LogP contribution in [0, 0.1) is 0 Å². The summed E-state index contributed by atoms with van der Waals surface area (Å²) in [6, 6.07) is 5.89. The normalized spacial score (nSPS) is 14.2. The molecule has 234 valence electrons. The van der Waals surface area contributed by atoms with Crippen molar-refractivity contribution in [2.75, 3.05) is 52.3 Å². The van der Waals surface area contributed by atoms with E-state index in [0.717, 1.165) is 16.7 Å². The van der Waals surface area contributed by atoms with Crippen molar-refractivity contribution in [2.45, 2.75) is 51.1 Å². The van der Waals surface area contributed by atoms with Crippen molar-refractivity contribution in [2.24, 2.45) is 0 Å². The van der Waals surface area contributed by atoms with Crippen LogP contribution in [0.25, 0.3) is 11.1 Å². The lowest BCUT2D eigenvalue weighted by molar-refractivity contribution is -0.145. The Morgan fingerprint density at radius 2 is 1.79 bits per heavy atom. The minimum absolute atomic E-state index is 0.167. The third-order valence-corrected chi connectivity index (χ3v) is 7.89. The fraction of sp³-hybridized carbons (Fsp3) is 0.484. The van der Waals surface area contributed by atoms with E-state index >= 15 is 0 Å². The first kappa shape index (κ1) is 33.6. The number of rotatable bonds is 14. The number of ether oxygens (including phenoxy) is 4. The molecule has 2 atom stereocenters. The molecule has 0 spiro atoms. The Bertz CT molecular complexity index is 1380. The van der Waals surface area contributed by atoms with E-state index in [1.165, 1.54) is 21.1 Å². The van der Waals surface area contributed by atoms with Gasteiger partial charge in [-0.2, -0.15) is 11.8 Å². The molecule has 2 aromatic rings. The average Bonchev–Trinajstić information content (AvgIpc) is 3.24. The van der Waals surface area contributed by atoms with Gasteiger partial charge < -0.3 is 34.9 Å². The van der Waals surface area contributed by atoms with Gasteiger partial charge in [-0.1, -0.05) is 6.07 Å². The van der Waals surface area contributed by atoms with E-state index < -0.39 is 18.1 Å². The van der Waals surface area contributed by atoms with Crippen LogP contribution in [0.4, 0.5) is 5.69 Å². The molecule has 0 fully saturated rings. The molecule has 0 aromatic heterocycles. The highest BCUT2D eigenvalue weighted by molar-refractivity contribution is 7.98. The number of aryl methyl sites for hydroxylation is 1. The lowest BCUT2D eigenvalue weighted by Crippen LogP contribution is -2.42. The summed E-state index contributed by atoms with van der Waals surface area (Å²) in [7, 11) is 5.94. The summed E-state index contributed by atoms with van der Waals surface area (Å²) in [5, 5.41) is 8.88. The highest BCUT2D eigenvalue weighted by Crippen LogP contribution is 2.50. The number of thioether (sulfide) groups is 1. The van der Waals surface area contributed by atoms with Gasteiger partial charge in [-0.05, 0) is 72.6 Å². The summed E-state index contributed by atoms with van der Waals surface area (Å²) in [6.07, 6.45) is 4.17. The van der Waals surface area contributed by atoms with Gasteiger partial charge in [0.2, 0.25) is 23.0 Å². The molecule has 2 aromatic carbocycles. The molecule has 1 aliphatic rings. The predicted octanol–water partition coefficient (Wildman–Crippen LogP) is 3.47. The Kier molecular flexibility index (Phi) is 12.5. The number of fused-ring (bicyclic) bond motifs is 3. The van der Waals surface area contributed by atoms with Crippen LogP contribution in [0.2, 0.25) is 0 Å². The van der Waals surface area contributed by atoms with Crippen molar-refractivity contribution < 1.29 is 33.3 Å². The van der Waals surface area contributed by atoms with Crippen LogP contribution in [0.3, 0.4) is 0 Å². The summed E-state index contributed by atoms with van der Waals surface area (Å²) < 4.78 is 21.8. The van der Waals surface area contributed by atoms with Crippen LogP contribution >= 0.6 is 11.8 Å². The summed E-state index contributed by atoms with van der Waals surface area (Å²) in [4.78, 5) is 50.0. The van der Waals surface area contributed by atoms with Crippen LogP contribution in [0.1, 0.15) is 49.8 Å². The predicted molar refractivity (Wildman–Crippen MR) is 167 cm³/mol. The zero-order valence-corrected chi connectivity index (χ0v) is 26.4. The molecule has 0 saturated heterocycles. The van der Waals surface area contributed by atoms with E-state index in [2.05, 4.69) is 16.0 Å². The van der Waals surface area contributed by atoms with E-state index in [1.807, 2.05) is 18.4 Å². The highest BCUT2D eigenvalue weighted by atomic mass is 32.2. The minimum atomic E-state index is -0.690. The molecule has 43 heavy (non-hydrogen) atoms. The van der Waals surface area contributed by atoms with Crippen molar-refractivity contribution in [3.63, 3.8) is 0 Å². The summed E-state index contributed by atoms with van der Waals surface area (Å²) in [5.41, 5.74) is 3.19. The molecular weight excluding hydrogens is 574 g/mol. The molecular formula is C31H41N3O8S. The number of anilines is 1. The Balaban J connectivity index is 1.89. The number of benzene rings is 1. The Hall–Kier alpha value is -3.93. The standard InChI is InChI=1S/C31H41N3O8S/c1-18(35)33-22-11-9-19-16-26(39-2)29(40-3)30(41-4)28(19)20-10-12-23(25(36)17-21(20)22)32-14-7-8-27(37)34-24(13-15-43-6)31(38)42-5/h10,12,16-17,22,24H,7-9,11,13-15H2,1-6H3,(H,32,36)(H,33,35)(H,34,37)/t22-,24-/m1/s1. The molecule has 0 heterocycles. The summed E-state index contributed by atoms with van der Waals surface area (Å²) >= 11 is 1.58. The van der Waals surface area contributed by atoms with Crippen LogP contribution in [-0.2, 0) is 25.5 Å². The zero-order chi connectivity index (χ0) is 31.5. The van der Waals surface area contributed by atoms with Crippen molar-refractivity contribution in [3.05, 3.63) is 45.6 Å². The first-order valence-corrected chi connectivity index (χ1v) is 15.5. The average molecular weight is 616 g/mol. The van der Waals surface area contributed by atoms with Crippen molar-refractivity contribution in [1.29, 1.82) is 0 Å². The van der Waals surface area contributed by atoms with Gasteiger partial charge in [0.15, 0.2) is 11.5 Å². The number of nitrogens with one attached hydrogen (secondary N) is 3. The maximum absolute atomic E-state index is 13.4. The SMILES string of the molecule is COC(=O)[C@@H](CCSC)NC(=O)CCCNc1ccc2c(cc1=O)[C@H](NC(C)=O)CCc1cc(OC)c(OC)c(OC)c1-2. The van der Waals surface area contributed by atoms with Crippen LogP contribution < -0.4 is 35.6 Å². The number of esters is 1. The smallest absolute Gasteiger partial charge is 0.328 e. The molecule has 3 N–H and O–H groups in total. The molecule has 0 aliphatic heterocycles. The fourth-order valence-corrected chi connectivity index (χ4v) is 5.69. The molecule has 1 aliphatic carbocycles. The molecule has 11 nitrogen and oxygen atoms in total. The topological polar surface area (TPSA) is 141 Å². The molecule has 2 amide bonds. The minimum Gasteiger partial charge on any atom is -0.493 e. The second kappa shape index (κ2) is 16.1. The van der Waals surface area contributed by atoms with E-state index in [1.54, 1.807) is 38.1 Å². The van der Waals surface area contributed by atoms with Gasteiger partial charge in [-0.3, -0.25) is 14.4 Å². The van der Waals surface area contributed by atoms with Gasteiger partial charge in [0, 0.05) is 25.5 Å². The lowest BCUT2D eigenvalue weighted by atomic mass is 9.95. The van der Waals surface area contributed by atoms with Gasteiger partial charge in [-0.15, -0.1) is 0 Å². The van der Waals surface area contributed by atoms with Crippen molar-refractivity contribution in [1.82, 2.24) is 10.6 Å². The number of amides is 2. The molecule has 3 rings (SSSR count). The second-order valence-electron chi connectivity index (χ2n) is 10.1. The lowest BCUT2D eigenvalue weighted by Gasteiger charge is -2.19. The number of methoxy groups -OCH3 is 4. The van der Waals surface area contributed by atoms with Crippen LogP contribution in [-0.4, -0.2) is 70.8 Å². The third kappa shape index (κ3) is 8.34. The molecule has 12 heteroatoms. The number of carbonyl (C=O) groups excluding carboxylic acids is 3. The molecule has 0 unspecified atom stereocenters. The zero-order valence-electron chi connectivity index (χ0n) is 25.6. The Labute approximate surface area is 256 Å². The van der Waals surface area contributed by atoms with E-state index in [9.17, 15) is 19.2 Å². The second-order valence-corrected chi connectivity index (χ2v) is 11.0. The Morgan fingerprint density at radius 1 is 1.05 bits per heavy atom. The number of carbonyl (C=O) groups is 3. The summed E-state index contributed by atoms with van der Waals surface area (Å²) in [6.45, 7) is 1.80. The Morgan fingerprint density at radius 3 is 2.42 bits per heavy atom. The summed E-state index contributed by atoms with van der Waals surface area (Å²) in [5.74, 6) is 1.20. The number of hydrogen-bond acceptors (Lipinski definition) is 10.